The maximum atomic E-state index is 13.1. The molecule has 4 fully saturated rings. The molecule has 204 valence electrons. The number of hydrogen-bond acceptors (Lipinski definition) is 7. The van der Waals surface area contributed by atoms with E-state index in [2.05, 4.69) is 20.8 Å². The van der Waals surface area contributed by atoms with Crippen LogP contribution in [0.1, 0.15) is 79.6 Å². The van der Waals surface area contributed by atoms with E-state index in [-0.39, 0.29) is 58.5 Å². The van der Waals surface area contributed by atoms with Crippen LogP contribution in [0.15, 0.2) is 0 Å². The first-order valence-electron chi connectivity index (χ1n) is 13.9. The number of ketones is 2. The summed E-state index contributed by atoms with van der Waals surface area (Å²) in [5, 5.41) is 34.2. The lowest BCUT2D eigenvalue weighted by molar-refractivity contribution is -0.229. The summed E-state index contributed by atoms with van der Waals surface area (Å²) in [5.41, 5.74) is -0.955. The minimum absolute atomic E-state index is 0.0674. The van der Waals surface area contributed by atoms with Crippen LogP contribution in [0.5, 0.6) is 0 Å². The molecular weight excluding hydrogens is 460 g/mol. The minimum atomic E-state index is -0.886. The monoisotopic (exact) mass is 506 g/mol. The summed E-state index contributed by atoms with van der Waals surface area (Å²) >= 11 is 0. The number of aliphatic hydroxyl groups excluding tert-OH is 3. The van der Waals surface area contributed by atoms with Crippen LogP contribution in [0, 0.1) is 58.2 Å². The molecule has 0 aromatic rings. The summed E-state index contributed by atoms with van der Waals surface area (Å²) in [4.78, 5) is 37.6. The second kappa shape index (κ2) is 9.77. The van der Waals surface area contributed by atoms with Gasteiger partial charge in [-0.2, -0.15) is 0 Å². The van der Waals surface area contributed by atoms with Gasteiger partial charge in [0, 0.05) is 12.3 Å². The molecule has 0 aliphatic heterocycles. The van der Waals surface area contributed by atoms with Crippen LogP contribution in [0.3, 0.4) is 0 Å². The van der Waals surface area contributed by atoms with E-state index in [0.717, 1.165) is 12.8 Å². The van der Waals surface area contributed by atoms with Gasteiger partial charge in [-0.1, -0.05) is 20.8 Å². The topological polar surface area (TPSA) is 121 Å². The number of hydrogen-bond donors (Lipinski definition) is 3. The van der Waals surface area contributed by atoms with Gasteiger partial charge >= 0.3 is 5.97 Å². The van der Waals surface area contributed by atoms with Crippen molar-refractivity contribution in [2.45, 2.75) is 97.9 Å². The highest BCUT2D eigenvalue weighted by molar-refractivity contribution is 5.89. The molecule has 0 radical (unpaired) electrons. The van der Waals surface area contributed by atoms with Crippen molar-refractivity contribution in [2.75, 3.05) is 7.11 Å². The quantitative estimate of drug-likeness (QED) is 0.473. The number of fused-ring (bicyclic) bond motifs is 5. The standard InChI is InChI=1S/C29H46O7/c1-14(7-10-24(35)36-6)18-8-9-19-26-20(13-23(34)29(18,19)5)28(4)17(12-22(26)33)11-21(32)25(15(2)30)27(28)16(3)31/h14,17-23,25-27,32-34H,7-13H2,1-6H3/t14-,17+,18-,19+,20+,21+,22-,23+,25?,26+,27?,28+,29-/m1/s1. The average Bonchev–Trinajstić information content (AvgIpc) is 3.16. The predicted octanol–water partition coefficient (Wildman–Crippen LogP) is 3.17. The van der Waals surface area contributed by atoms with Crippen LogP contribution < -0.4 is 0 Å². The Morgan fingerprint density at radius 3 is 2.14 bits per heavy atom. The Kier molecular flexibility index (Phi) is 7.53. The average molecular weight is 507 g/mol. The van der Waals surface area contributed by atoms with Crippen LogP contribution >= 0.6 is 0 Å². The summed E-state index contributed by atoms with van der Waals surface area (Å²) in [6.45, 7) is 9.40. The Hall–Kier alpha value is -1.31. The molecule has 4 rings (SSSR count). The van der Waals surface area contributed by atoms with Gasteiger partial charge in [-0.3, -0.25) is 14.4 Å². The number of methoxy groups -OCH3 is 1. The van der Waals surface area contributed by atoms with Gasteiger partial charge in [0.15, 0.2) is 0 Å². The summed E-state index contributed by atoms with van der Waals surface area (Å²) in [6.07, 6.45) is 2.21. The molecule has 4 aliphatic carbocycles. The van der Waals surface area contributed by atoms with Crippen molar-refractivity contribution in [3.8, 4) is 0 Å². The molecule has 0 spiro atoms. The fraction of sp³-hybridized carbons (Fsp3) is 0.897. The summed E-state index contributed by atoms with van der Waals surface area (Å²) in [6, 6.07) is 0. The van der Waals surface area contributed by atoms with Gasteiger partial charge in [-0.15, -0.1) is 0 Å². The fourth-order valence-electron chi connectivity index (χ4n) is 10.1. The fourth-order valence-corrected chi connectivity index (χ4v) is 10.1. The smallest absolute Gasteiger partial charge is 0.305 e. The largest absolute Gasteiger partial charge is 0.469 e. The van der Waals surface area contributed by atoms with Crippen LogP contribution in [0.2, 0.25) is 0 Å². The molecule has 7 nitrogen and oxygen atoms in total. The highest BCUT2D eigenvalue weighted by Gasteiger charge is 2.69. The zero-order valence-corrected chi connectivity index (χ0v) is 22.8. The van der Waals surface area contributed by atoms with Crippen LogP contribution in [0.25, 0.3) is 0 Å². The maximum absolute atomic E-state index is 13.1. The molecule has 7 heteroatoms. The first-order valence-corrected chi connectivity index (χ1v) is 13.9. The zero-order chi connectivity index (χ0) is 26.7. The lowest BCUT2D eigenvalue weighted by atomic mass is 9.39. The molecule has 0 aromatic heterocycles. The van der Waals surface area contributed by atoms with Gasteiger partial charge < -0.3 is 20.1 Å². The van der Waals surface area contributed by atoms with Crippen molar-refractivity contribution in [3.05, 3.63) is 0 Å². The van der Waals surface area contributed by atoms with E-state index in [1.165, 1.54) is 21.0 Å². The van der Waals surface area contributed by atoms with Gasteiger partial charge in [0.25, 0.3) is 0 Å². The van der Waals surface area contributed by atoms with E-state index in [9.17, 15) is 29.7 Å². The third-order valence-electron chi connectivity index (χ3n) is 11.8. The molecule has 3 N–H and O–H groups in total. The minimum Gasteiger partial charge on any atom is -0.469 e. The summed E-state index contributed by atoms with van der Waals surface area (Å²) in [7, 11) is 1.40. The molecule has 4 aliphatic rings. The van der Waals surface area contributed by atoms with Crippen LogP contribution in [-0.2, 0) is 19.1 Å². The van der Waals surface area contributed by atoms with Gasteiger partial charge in [0.2, 0.25) is 0 Å². The Balaban J connectivity index is 1.70. The third-order valence-corrected chi connectivity index (χ3v) is 11.8. The first kappa shape index (κ1) is 27.7. The molecular formula is C29H46O7. The van der Waals surface area contributed by atoms with Gasteiger partial charge in [-0.25, -0.2) is 0 Å². The molecule has 13 atom stereocenters. The van der Waals surface area contributed by atoms with Gasteiger partial charge in [0.1, 0.15) is 11.6 Å². The van der Waals surface area contributed by atoms with Crippen molar-refractivity contribution in [3.63, 3.8) is 0 Å². The van der Waals surface area contributed by atoms with Crippen molar-refractivity contribution in [1.29, 1.82) is 0 Å². The predicted molar refractivity (Wildman–Crippen MR) is 134 cm³/mol. The van der Waals surface area contributed by atoms with Crippen LogP contribution in [0.4, 0.5) is 0 Å². The maximum Gasteiger partial charge on any atom is 0.305 e. The molecule has 0 amide bonds. The number of carbonyl (C=O) groups is 3. The summed E-state index contributed by atoms with van der Waals surface area (Å²) in [5.74, 6) is -1.52. The highest BCUT2D eigenvalue weighted by Crippen LogP contribution is 2.70. The van der Waals surface area contributed by atoms with E-state index >= 15 is 0 Å². The Morgan fingerprint density at radius 1 is 0.917 bits per heavy atom. The molecule has 36 heavy (non-hydrogen) atoms. The molecule has 2 unspecified atom stereocenters. The van der Waals surface area contributed by atoms with Crippen molar-refractivity contribution in [1.82, 2.24) is 0 Å². The number of rotatable bonds is 6. The Morgan fingerprint density at radius 2 is 1.56 bits per heavy atom. The summed E-state index contributed by atoms with van der Waals surface area (Å²) < 4.78 is 4.83. The van der Waals surface area contributed by atoms with E-state index in [1.807, 2.05) is 0 Å². The number of Topliss-reactive ketones (excluding diaryl/α,β-unsaturated/α-hetero) is 2. The van der Waals surface area contributed by atoms with E-state index in [4.69, 9.17) is 4.74 Å². The highest BCUT2D eigenvalue weighted by atomic mass is 16.5. The second-order valence-corrected chi connectivity index (χ2v) is 13.1. The molecule has 0 bridgehead atoms. The molecule has 0 aromatic carbocycles. The first-order chi connectivity index (χ1) is 16.8. The van der Waals surface area contributed by atoms with Crippen molar-refractivity contribution < 1.29 is 34.4 Å². The van der Waals surface area contributed by atoms with Crippen LogP contribution in [-0.4, -0.2) is 58.3 Å². The van der Waals surface area contributed by atoms with Gasteiger partial charge in [0.05, 0.1) is 31.3 Å². The molecule has 0 saturated heterocycles. The lowest BCUT2D eigenvalue weighted by Crippen LogP contribution is -2.67. The van der Waals surface area contributed by atoms with E-state index < -0.39 is 35.6 Å². The molecule has 4 saturated carbocycles. The zero-order valence-electron chi connectivity index (χ0n) is 22.8. The van der Waals surface area contributed by atoms with Crippen molar-refractivity contribution in [2.24, 2.45) is 58.2 Å². The second-order valence-electron chi connectivity index (χ2n) is 13.1. The lowest BCUT2D eigenvalue weighted by Gasteiger charge is -2.66. The third kappa shape index (κ3) is 3.99. The van der Waals surface area contributed by atoms with E-state index in [1.54, 1.807) is 0 Å². The van der Waals surface area contributed by atoms with Crippen molar-refractivity contribution >= 4 is 17.5 Å². The number of esters is 1. The van der Waals surface area contributed by atoms with E-state index in [0.29, 0.717) is 32.1 Å². The number of carbonyl (C=O) groups excluding carboxylic acids is 3. The number of ether oxygens (including phenoxy) is 1. The SMILES string of the molecule is COC(=O)CC[C@@H](C)[C@H]1CC[C@H]2[C@@H]3[C@H](O)C[C@@H]4C[C@H](O)C(C(C)=O)C(C(C)=O)[C@]4(C)[C@H]3C[C@H](O)[C@]12C. The Bertz CT molecular complexity index is 887. The number of aliphatic hydroxyl groups is 3. The molecule has 0 heterocycles. The Labute approximate surface area is 215 Å². The van der Waals surface area contributed by atoms with Gasteiger partial charge in [-0.05, 0) is 98.7 Å². The normalized spacial score (nSPS) is 48.8.